The van der Waals surface area contributed by atoms with Crippen molar-refractivity contribution in [2.75, 3.05) is 13.1 Å². The van der Waals surface area contributed by atoms with Crippen LogP contribution in [0, 0.1) is 11.3 Å². The number of aromatic nitrogens is 2. The minimum absolute atomic E-state index is 0.138. The van der Waals surface area contributed by atoms with E-state index in [0.717, 1.165) is 25.0 Å². The van der Waals surface area contributed by atoms with Crippen molar-refractivity contribution in [1.29, 1.82) is 5.26 Å². The van der Waals surface area contributed by atoms with E-state index in [-0.39, 0.29) is 17.7 Å². The van der Waals surface area contributed by atoms with Gasteiger partial charge in [-0.05, 0) is 61.4 Å². The third-order valence-electron chi connectivity index (χ3n) is 5.22. The van der Waals surface area contributed by atoms with Crippen LogP contribution < -0.4 is 0 Å². The normalized spacial score (nSPS) is 16.7. The van der Waals surface area contributed by atoms with Gasteiger partial charge in [-0.15, -0.1) is 10.2 Å². The summed E-state index contributed by atoms with van der Waals surface area (Å²) in [5.41, 5.74) is 0.624. The third-order valence-corrected chi connectivity index (χ3v) is 5.22. The highest BCUT2D eigenvalue weighted by atomic mass is 19.4. The molecule has 9 heteroatoms. The van der Waals surface area contributed by atoms with Gasteiger partial charge in [-0.2, -0.15) is 18.4 Å². The molecule has 1 fully saturated rings. The summed E-state index contributed by atoms with van der Waals surface area (Å²) >= 11 is 0. The summed E-state index contributed by atoms with van der Waals surface area (Å²) in [6, 6.07) is 13.0. The maximum Gasteiger partial charge on any atom is 0.416 e. The molecule has 0 aliphatic carbocycles. The first kappa shape index (κ1) is 20.6. The van der Waals surface area contributed by atoms with E-state index in [1.807, 2.05) is 6.07 Å². The van der Waals surface area contributed by atoms with Crippen molar-refractivity contribution in [2.45, 2.75) is 24.9 Å². The Morgan fingerprint density at radius 2 is 1.81 bits per heavy atom. The minimum atomic E-state index is -4.41. The van der Waals surface area contributed by atoms with E-state index in [9.17, 15) is 18.0 Å². The van der Waals surface area contributed by atoms with Crippen LogP contribution in [0.3, 0.4) is 0 Å². The molecule has 31 heavy (non-hydrogen) atoms. The predicted octanol–water partition coefficient (Wildman–Crippen LogP) is 4.65. The van der Waals surface area contributed by atoms with Gasteiger partial charge in [-0.1, -0.05) is 0 Å². The topological polar surface area (TPSA) is 83.0 Å². The molecule has 1 amide bonds. The Morgan fingerprint density at radius 1 is 1.10 bits per heavy atom. The highest BCUT2D eigenvalue weighted by molar-refractivity contribution is 5.94. The molecule has 158 valence electrons. The number of hydrogen-bond acceptors (Lipinski definition) is 5. The van der Waals surface area contributed by atoms with Crippen LogP contribution in [0.5, 0.6) is 0 Å². The van der Waals surface area contributed by atoms with Gasteiger partial charge in [0.15, 0.2) is 0 Å². The number of piperidine rings is 1. The van der Waals surface area contributed by atoms with E-state index >= 15 is 0 Å². The molecule has 1 aliphatic rings. The molecule has 1 unspecified atom stereocenters. The third kappa shape index (κ3) is 4.43. The molecule has 0 spiro atoms. The lowest BCUT2D eigenvalue weighted by Crippen LogP contribution is -2.39. The van der Waals surface area contributed by atoms with Gasteiger partial charge in [-0.25, -0.2) is 0 Å². The number of nitrogens with zero attached hydrogens (tertiary/aromatic N) is 4. The van der Waals surface area contributed by atoms with Crippen LogP contribution in [0.25, 0.3) is 11.5 Å². The number of halogens is 3. The van der Waals surface area contributed by atoms with E-state index in [0.29, 0.717) is 35.7 Å². The van der Waals surface area contributed by atoms with E-state index in [1.165, 1.54) is 12.1 Å². The summed E-state index contributed by atoms with van der Waals surface area (Å²) in [6.07, 6.45) is -2.90. The van der Waals surface area contributed by atoms with Crippen LogP contribution in [-0.4, -0.2) is 34.1 Å². The fourth-order valence-electron chi connectivity index (χ4n) is 3.55. The van der Waals surface area contributed by atoms with Crippen LogP contribution in [0.15, 0.2) is 52.9 Å². The Kier molecular flexibility index (Phi) is 5.46. The van der Waals surface area contributed by atoms with Gasteiger partial charge < -0.3 is 9.32 Å². The molecular formula is C22H17F3N4O2. The van der Waals surface area contributed by atoms with Crippen LogP contribution >= 0.6 is 0 Å². The fourth-order valence-corrected chi connectivity index (χ4v) is 3.55. The monoisotopic (exact) mass is 426 g/mol. The van der Waals surface area contributed by atoms with E-state index in [2.05, 4.69) is 10.2 Å². The number of benzene rings is 2. The zero-order valence-electron chi connectivity index (χ0n) is 16.3. The zero-order valence-corrected chi connectivity index (χ0v) is 16.3. The number of nitriles is 1. The first-order chi connectivity index (χ1) is 14.8. The van der Waals surface area contributed by atoms with Crippen molar-refractivity contribution in [2.24, 2.45) is 0 Å². The van der Waals surface area contributed by atoms with Gasteiger partial charge in [0, 0.05) is 24.2 Å². The molecule has 1 saturated heterocycles. The van der Waals surface area contributed by atoms with Gasteiger partial charge in [0.05, 0.1) is 23.1 Å². The molecule has 2 heterocycles. The summed E-state index contributed by atoms with van der Waals surface area (Å²) in [6.45, 7) is 0.989. The number of rotatable bonds is 3. The molecule has 3 aromatic rings. The second-order valence-corrected chi connectivity index (χ2v) is 7.30. The van der Waals surface area contributed by atoms with E-state index < -0.39 is 11.7 Å². The predicted molar refractivity (Wildman–Crippen MR) is 104 cm³/mol. The lowest BCUT2D eigenvalue weighted by molar-refractivity contribution is -0.137. The summed E-state index contributed by atoms with van der Waals surface area (Å²) in [5.74, 6) is 0.190. The van der Waals surface area contributed by atoms with Gasteiger partial charge in [0.1, 0.15) is 0 Å². The van der Waals surface area contributed by atoms with Crippen molar-refractivity contribution >= 4 is 5.91 Å². The highest BCUT2D eigenvalue weighted by Crippen LogP contribution is 2.32. The molecular weight excluding hydrogens is 409 g/mol. The average Bonchev–Trinajstić information content (AvgIpc) is 3.29. The van der Waals surface area contributed by atoms with Crippen molar-refractivity contribution < 1.29 is 22.4 Å². The summed E-state index contributed by atoms with van der Waals surface area (Å²) < 4.78 is 43.9. The van der Waals surface area contributed by atoms with Gasteiger partial charge in [0.2, 0.25) is 11.8 Å². The molecule has 1 aromatic heterocycles. The summed E-state index contributed by atoms with van der Waals surface area (Å²) in [5, 5.41) is 16.9. The molecule has 0 radical (unpaired) electrons. The Morgan fingerprint density at radius 3 is 2.45 bits per heavy atom. The van der Waals surface area contributed by atoms with Crippen LogP contribution in [0.2, 0.25) is 0 Å². The quantitative estimate of drug-likeness (QED) is 0.609. The second-order valence-electron chi connectivity index (χ2n) is 7.30. The van der Waals surface area contributed by atoms with Crippen molar-refractivity contribution in [3.8, 4) is 17.5 Å². The Hall–Kier alpha value is -3.67. The molecule has 4 rings (SSSR count). The maximum atomic E-state index is 12.8. The molecule has 1 aliphatic heterocycles. The Bertz CT molecular complexity index is 1120. The molecule has 0 bridgehead atoms. The number of carbonyl (C=O) groups is 1. The largest absolute Gasteiger partial charge is 0.420 e. The summed E-state index contributed by atoms with van der Waals surface area (Å²) in [4.78, 5) is 14.5. The Balaban J connectivity index is 1.47. The zero-order chi connectivity index (χ0) is 22.0. The molecule has 0 N–H and O–H groups in total. The maximum absolute atomic E-state index is 12.8. The van der Waals surface area contributed by atoms with E-state index in [1.54, 1.807) is 29.2 Å². The van der Waals surface area contributed by atoms with Crippen LogP contribution in [0.4, 0.5) is 13.2 Å². The van der Waals surface area contributed by atoms with Crippen LogP contribution in [0.1, 0.15) is 46.1 Å². The van der Waals surface area contributed by atoms with Gasteiger partial charge >= 0.3 is 6.18 Å². The number of likely N-dealkylation sites (tertiary alicyclic amines) is 1. The Labute approximate surface area is 175 Å². The number of amides is 1. The lowest BCUT2D eigenvalue weighted by Gasteiger charge is -2.31. The lowest BCUT2D eigenvalue weighted by atomic mass is 9.97. The smallest absolute Gasteiger partial charge is 0.416 e. The second kappa shape index (κ2) is 8.22. The summed E-state index contributed by atoms with van der Waals surface area (Å²) in [7, 11) is 0. The van der Waals surface area contributed by atoms with Gasteiger partial charge in [-0.3, -0.25) is 4.79 Å². The van der Waals surface area contributed by atoms with Gasteiger partial charge in [0.25, 0.3) is 5.91 Å². The van der Waals surface area contributed by atoms with Crippen molar-refractivity contribution in [1.82, 2.24) is 15.1 Å². The first-order valence-corrected chi connectivity index (χ1v) is 9.65. The van der Waals surface area contributed by atoms with E-state index in [4.69, 9.17) is 9.68 Å². The minimum Gasteiger partial charge on any atom is -0.420 e. The fraction of sp³-hybridized carbons (Fsp3) is 0.273. The average molecular weight is 426 g/mol. The highest BCUT2D eigenvalue weighted by Gasteiger charge is 2.31. The van der Waals surface area contributed by atoms with Crippen molar-refractivity contribution in [3.05, 3.63) is 71.1 Å². The standard InChI is InChI=1S/C22H17F3N4O2/c23-22(24,25)18-9-7-15(8-10-18)19-27-28-20(31-19)17-2-1-11-29(13-17)21(30)16-5-3-14(12-26)4-6-16/h3-10,17H,1-2,11,13H2. The van der Waals surface area contributed by atoms with Crippen LogP contribution in [-0.2, 0) is 6.18 Å². The SMILES string of the molecule is N#Cc1ccc(C(=O)N2CCCC(c3nnc(-c4ccc(C(F)(F)F)cc4)o3)C2)cc1. The molecule has 6 nitrogen and oxygen atoms in total. The first-order valence-electron chi connectivity index (χ1n) is 9.65. The number of alkyl halides is 3. The number of carbonyl (C=O) groups excluding carboxylic acids is 1. The molecule has 2 aromatic carbocycles. The molecule has 0 saturated carbocycles. The van der Waals surface area contributed by atoms with Crippen molar-refractivity contribution in [3.63, 3.8) is 0 Å². The number of hydrogen-bond donors (Lipinski definition) is 0. The molecule has 1 atom stereocenters.